The molecule has 24 heavy (non-hydrogen) atoms. The number of rotatable bonds is 5. The number of nitrogens with two attached hydrogens (primary N) is 1. The lowest BCUT2D eigenvalue weighted by Gasteiger charge is -2.09. The number of amides is 2. The van der Waals surface area contributed by atoms with Crippen molar-refractivity contribution in [1.29, 1.82) is 0 Å². The highest BCUT2D eigenvalue weighted by molar-refractivity contribution is 7.17. The zero-order valence-corrected chi connectivity index (χ0v) is 14.7. The highest BCUT2D eigenvalue weighted by atomic mass is 35.5. The van der Waals surface area contributed by atoms with Crippen molar-refractivity contribution < 1.29 is 14.3 Å². The van der Waals surface area contributed by atoms with Crippen LogP contribution >= 0.6 is 22.9 Å². The van der Waals surface area contributed by atoms with Gasteiger partial charge in [-0.15, -0.1) is 11.3 Å². The first-order valence-corrected chi connectivity index (χ1v) is 8.78. The Kier molecular flexibility index (Phi) is 4.78. The number of primary amides is 1. The predicted octanol–water partition coefficient (Wildman–Crippen LogP) is 3.32. The van der Waals surface area contributed by atoms with Gasteiger partial charge in [-0.3, -0.25) is 9.59 Å². The summed E-state index contributed by atoms with van der Waals surface area (Å²) in [7, 11) is 0. The summed E-state index contributed by atoms with van der Waals surface area (Å²) >= 11 is 7.38. The van der Waals surface area contributed by atoms with Gasteiger partial charge >= 0.3 is 0 Å². The number of nitrogens with one attached hydrogen (secondary N) is 1. The minimum absolute atomic E-state index is 0.151. The molecule has 3 N–H and O–H groups in total. The maximum atomic E-state index is 12.1. The fraction of sp³-hybridized carbons (Fsp3) is 0.294. The Hall–Kier alpha value is -2.05. The van der Waals surface area contributed by atoms with Gasteiger partial charge in [0, 0.05) is 9.90 Å². The van der Waals surface area contributed by atoms with Crippen LogP contribution in [-0.2, 0) is 17.6 Å². The zero-order chi connectivity index (χ0) is 17.3. The summed E-state index contributed by atoms with van der Waals surface area (Å²) in [5.74, 6) is -0.264. The molecule has 0 saturated carbocycles. The van der Waals surface area contributed by atoms with E-state index in [0.717, 1.165) is 35.3 Å². The largest absolute Gasteiger partial charge is 0.484 e. The van der Waals surface area contributed by atoms with Crippen LogP contribution in [-0.4, -0.2) is 18.4 Å². The summed E-state index contributed by atoms with van der Waals surface area (Å²) < 4.78 is 5.47. The third-order valence-corrected chi connectivity index (χ3v) is 5.55. The van der Waals surface area contributed by atoms with Crippen LogP contribution in [0.5, 0.6) is 5.75 Å². The van der Waals surface area contributed by atoms with Crippen molar-refractivity contribution in [2.75, 3.05) is 11.9 Å². The normalized spacial score (nSPS) is 12.8. The summed E-state index contributed by atoms with van der Waals surface area (Å²) in [6, 6.07) is 5.19. The number of fused-ring (bicyclic) bond motifs is 1. The Morgan fingerprint density at radius 2 is 2.17 bits per heavy atom. The summed E-state index contributed by atoms with van der Waals surface area (Å²) in [4.78, 5) is 25.0. The van der Waals surface area contributed by atoms with E-state index >= 15 is 0 Å². The number of hydrogen-bond donors (Lipinski definition) is 2. The number of thiophene rings is 1. The molecule has 2 amide bonds. The van der Waals surface area contributed by atoms with Crippen molar-refractivity contribution in [3.05, 3.63) is 44.8 Å². The van der Waals surface area contributed by atoms with E-state index in [1.807, 2.05) is 6.92 Å². The van der Waals surface area contributed by atoms with Crippen molar-refractivity contribution in [1.82, 2.24) is 0 Å². The molecule has 0 aliphatic heterocycles. The molecule has 3 rings (SSSR count). The Labute approximate surface area is 148 Å². The smallest absolute Gasteiger partial charge is 0.262 e. The Morgan fingerprint density at radius 1 is 1.38 bits per heavy atom. The molecule has 1 heterocycles. The van der Waals surface area contributed by atoms with E-state index in [1.165, 1.54) is 11.3 Å². The second kappa shape index (κ2) is 6.83. The minimum Gasteiger partial charge on any atom is -0.484 e. The molecule has 0 fully saturated rings. The third kappa shape index (κ3) is 3.39. The SMILES string of the molecule is Cc1cc(OCC(=O)Nc2sc3c(c2C(N)=O)CCC3)ccc1Cl. The lowest BCUT2D eigenvalue weighted by molar-refractivity contribution is -0.118. The molecule has 7 heteroatoms. The van der Waals surface area contributed by atoms with E-state index in [2.05, 4.69) is 5.32 Å². The molecular formula is C17H17ClN2O3S. The fourth-order valence-electron chi connectivity index (χ4n) is 2.77. The number of ether oxygens (including phenoxy) is 1. The lowest BCUT2D eigenvalue weighted by atomic mass is 10.1. The van der Waals surface area contributed by atoms with E-state index in [1.54, 1.807) is 18.2 Å². The fourth-order valence-corrected chi connectivity index (χ4v) is 4.20. The Bertz CT molecular complexity index is 816. The number of aryl methyl sites for hydroxylation is 2. The molecule has 1 aromatic heterocycles. The van der Waals surface area contributed by atoms with Crippen LogP contribution < -0.4 is 15.8 Å². The second-order valence-corrected chi connectivity index (χ2v) is 7.19. The van der Waals surface area contributed by atoms with E-state index in [4.69, 9.17) is 22.1 Å². The van der Waals surface area contributed by atoms with Crippen LogP contribution in [0.25, 0.3) is 0 Å². The highest BCUT2D eigenvalue weighted by Crippen LogP contribution is 2.38. The molecule has 2 aromatic rings. The maximum absolute atomic E-state index is 12.1. The first kappa shape index (κ1) is 16.8. The van der Waals surface area contributed by atoms with Crippen LogP contribution in [0.15, 0.2) is 18.2 Å². The molecular weight excluding hydrogens is 348 g/mol. The summed E-state index contributed by atoms with van der Waals surface area (Å²) in [6.07, 6.45) is 2.78. The first-order chi connectivity index (χ1) is 11.5. The van der Waals surface area contributed by atoms with Crippen LogP contribution in [0.4, 0.5) is 5.00 Å². The van der Waals surface area contributed by atoms with Gasteiger partial charge in [0.25, 0.3) is 11.8 Å². The maximum Gasteiger partial charge on any atom is 0.262 e. The van der Waals surface area contributed by atoms with Crippen LogP contribution in [0.3, 0.4) is 0 Å². The van der Waals surface area contributed by atoms with Gasteiger partial charge in [0.2, 0.25) is 0 Å². The van der Waals surface area contributed by atoms with Gasteiger partial charge in [0.1, 0.15) is 10.8 Å². The average Bonchev–Trinajstić information content (AvgIpc) is 3.08. The zero-order valence-electron chi connectivity index (χ0n) is 13.1. The predicted molar refractivity (Wildman–Crippen MR) is 95.2 cm³/mol. The van der Waals surface area contributed by atoms with Gasteiger partial charge < -0.3 is 15.8 Å². The van der Waals surface area contributed by atoms with Crippen molar-refractivity contribution in [3.8, 4) is 5.75 Å². The van der Waals surface area contributed by atoms with E-state index in [9.17, 15) is 9.59 Å². The lowest BCUT2D eigenvalue weighted by Crippen LogP contribution is -2.22. The monoisotopic (exact) mass is 364 g/mol. The van der Waals surface area contributed by atoms with E-state index in [0.29, 0.717) is 21.3 Å². The van der Waals surface area contributed by atoms with Crippen molar-refractivity contribution in [3.63, 3.8) is 0 Å². The molecule has 0 saturated heterocycles. The number of carbonyl (C=O) groups excluding carboxylic acids is 2. The summed E-state index contributed by atoms with van der Waals surface area (Å²) in [5, 5.41) is 3.91. The number of halogens is 1. The van der Waals surface area contributed by atoms with Crippen LogP contribution in [0, 0.1) is 6.92 Å². The summed E-state index contributed by atoms with van der Waals surface area (Å²) in [5.41, 5.74) is 7.78. The molecule has 0 radical (unpaired) electrons. The molecule has 1 aliphatic rings. The van der Waals surface area contributed by atoms with Crippen molar-refractivity contribution in [2.24, 2.45) is 5.73 Å². The van der Waals surface area contributed by atoms with Crippen molar-refractivity contribution >= 4 is 39.8 Å². The number of benzene rings is 1. The third-order valence-electron chi connectivity index (χ3n) is 3.92. The van der Waals surface area contributed by atoms with Gasteiger partial charge in [-0.2, -0.15) is 0 Å². The second-order valence-electron chi connectivity index (χ2n) is 5.67. The summed E-state index contributed by atoms with van der Waals surface area (Å²) in [6.45, 7) is 1.71. The molecule has 0 bridgehead atoms. The first-order valence-electron chi connectivity index (χ1n) is 7.59. The quantitative estimate of drug-likeness (QED) is 0.853. The molecule has 0 spiro atoms. The molecule has 1 aromatic carbocycles. The van der Waals surface area contributed by atoms with Crippen LogP contribution in [0.1, 0.15) is 32.8 Å². The molecule has 0 atom stereocenters. The van der Waals surface area contributed by atoms with Gasteiger partial charge in [-0.25, -0.2) is 0 Å². The number of anilines is 1. The van der Waals surface area contributed by atoms with Crippen LogP contribution in [0.2, 0.25) is 5.02 Å². The molecule has 0 unspecified atom stereocenters. The minimum atomic E-state index is -0.501. The Morgan fingerprint density at radius 3 is 2.88 bits per heavy atom. The van der Waals surface area contributed by atoms with E-state index < -0.39 is 5.91 Å². The molecule has 5 nitrogen and oxygen atoms in total. The van der Waals surface area contributed by atoms with Gasteiger partial charge in [-0.05, 0) is 55.5 Å². The van der Waals surface area contributed by atoms with Crippen molar-refractivity contribution in [2.45, 2.75) is 26.2 Å². The van der Waals surface area contributed by atoms with Gasteiger partial charge in [0.15, 0.2) is 6.61 Å². The average molecular weight is 365 g/mol. The standard InChI is InChI=1S/C17H17ClN2O3S/c1-9-7-10(5-6-12(9)18)23-8-14(21)20-17-15(16(19)22)11-3-2-4-13(11)24-17/h5-7H,2-4,8H2,1H3,(H2,19,22)(H,20,21). The van der Waals surface area contributed by atoms with E-state index in [-0.39, 0.29) is 12.5 Å². The molecule has 126 valence electrons. The van der Waals surface area contributed by atoms with Gasteiger partial charge in [-0.1, -0.05) is 11.6 Å². The highest BCUT2D eigenvalue weighted by Gasteiger charge is 2.26. The topological polar surface area (TPSA) is 81.4 Å². The number of hydrogen-bond acceptors (Lipinski definition) is 4. The van der Waals surface area contributed by atoms with Gasteiger partial charge in [0.05, 0.1) is 5.56 Å². The molecule has 1 aliphatic carbocycles. The Balaban J connectivity index is 1.67. The number of carbonyl (C=O) groups is 2.